The van der Waals surface area contributed by atoms with Gasteiger partial charge in [0, 0.05) is 16.9 Å². The highest BCUT2D eigenvalue weighted by Gasteiger charge is 2.17. The van der Waals surface area contributed by atoms with Gasteiger partial charge in [0.05, 0.1) is 22.5 Å². The summed E-state index contributed by atoms with van der Waals surface area (Å²) in [5.74, 6) is -0.296. The minimum absolute atomic E-state index is 0.00888. The second kappa shape index (κ2) is 8.17. The molecule has 0 aliphatic carbocycles. The fourth-order valence-electron chi connectivity index (χ4n) is 2.38. The topological polar surface area (TPSA) is 105 Å². The Kier molecular flexibility index (Phi) is 5.87. The summed E-state index contributed by atoms with van der Waals surface area (Å²) in [5, 5.41) is 0.357. The van der Waals surface area contributed by atoms with E-state index in [0.29, 0.717) is 16.3 Å². The molecule has 3 rings (SSSR count). The average Bonchev–Trinajstić information content (AvgIpc) is 2.64. The van der Waals surface area contributed by atoms with Crippen LogP contribution in [-0.4, -0.2) is 21.8 Å². The van der Waals surface area contributed by atoms with E-state index in [-0.39, 0.29) is 16.3 Å². The van der Waals surface area contributed by atoms with Crippen molar-refractivity contribution in [2.75, 3.05) is 9.44 Å². The molecular formula is C18H16ClN3O4S2. The molecule has 0 bridgehead atoms. The van der Waals surface area contributed by atoms with E-state index >= 15 is 0 Å². The van der Waals surface area contributed by atoms with Gasteiger partial charge in [0.2, 0.25) is 10.0 Å². The van der Waals surface area contributed by atoms with Crippen molar-refractivity contribution < 1.29 is 16.8 Å². The highest BCUT2D eigenvalue weighted by atomic mass is 35.5. The normalized spacial score (nSPS) is 11.8. The first kappa shape index (κ1) is 20.1. The first-order valence-electron chi connectivity index (χ1n) is 8.02. The molecule has 146 valence electrons. The second-order valence-corrected chi connectivity index (χ2v) is 9.64. The Bertz CT molecular complexity index is 1170. The van der Waals surface area contributed by atoms with E-state index in [9.17, 15) is 16.8 Å². The zero-order valence-corrected chi connectivity index (χ0v) is 16.8. The molecule has 2 aromatic carbocycles. The van der Waals surface area contributed by atoms with Crippen molar-refractivity contribution in [1.29, 1.82) is 0 Å². The van der Waals surface area contributed by atoms with Crippen LogP contribution in [0.1, 0.15) is 5.56 Å². The standard InChI is InChI=1S/C18H16ClN3O4S2/c19-18-6-2-1-4-14(18)13-27(23,24)21-15-7-9-17(10-8-15)28(25,26)22-16-5-3-11-20-12-16/h1-12,21-22H,13H2. The molecule has 0 amide bonds. The third-order valence-electron chi connectivity index (χ3n) is 3.66. The molecule has 2 N–H and O–H groups in total. The van der Waals surface area contributed by atoms with Crippen LogP contribution in [0.5, 0.6) is 0 Å². The van der Waals surface area contributed by atoms with Crippen LogP contribution in [0.4, 0.5) is 11.4 Å². The maximum atomic E-state index is 12.4. The number of hydrogen-bond acceptors (Lipinski definition) is 5. The van der Waals surface area contributed by atoms with Crippen molar-refractivity contribution in [2.45, 2.75) is 10.6 Å². The summed E-state index contributed by atoms with van der Waals surface area (Å²) in [7, 11) is -7.53. The second-order valence-electron chi connectivity index (χ2n) is 5.82. The summed E-state index contributed by atoms with van der Waals surface area (Å²) in [6.45, 7) is 0. The molecule has 0 unspecified atom stereocenters. The lowest BCUT2D eigenvalue weighted by Crippen LogP contribution is -2.16. The molecule has 10 heteroatoms. The van der Waals surface area contributed by atoms with Crippen LogP contribution >= 0.6 is 11.6 Å². The first-order valence-corrected chi connectivity index (χ1v) is 11.5. The van der Waals surface area contributed by atoms with Crippen LogP contribution in [0.15, 0.2) is 78.0 Å². The Morgan fingerprint density at radius 3 is 2.18 bits per heavy atom. The van der Waals surface area contributed by atoms with Gasteiger partial charge in [-0.25, -0.2) is 16.8 Å². The molecule has 0 aliphatic heterocycles. The SMILES string of the molecule is O=S(=O)(Cc1ccccc1Cl)Nc1ccc(S(=O)(=O)Nc2cccnc2)cc1. The van der Waals surface area contributed by atoms with Crippen molar-refractivity contribution in [3.05, 3.63) is 83.6 Å². The van der Waals surface area contributed by atoms with E-state index in [1.165, 1.54) is 36.7 Å². The van der Waals surface area contributed by atoms with Gasteiger partial charge in [-0.05, 0) is 48.0 Å². The Morgan fingerprint density at radius 1 is 0.821 bits per heavy atom. The van der Waals surface area contributed by atoms with E-state index in [0.717, 1.165) is 0 Å². The van der Waals surface area contributed by atoms with Crippen molar-refractivity contribution in [3.8, 4) is 0 Å². The number of anilines is 2. The number of hydrogen-bond donors (Lipinski definition) is 2. The summed E-state index contributed by atoms with van der Waals surface area (Å²) in [5.41, 5.74) is 1.04. The van der Waals surface area contributed by atoms with E-state index < -0.39 is 20.0 Å². The van der Waals surface area contributed by atoms with Gasteiger partial charge in [-0.1, -0.05) is 29.8 Å². The van der Waals surface area contributed by atoms with E-state index in [1.807, 2.05) is 0 Å². The number of halogens is 1. The van der Waals surface area contributed by atoms with E-state index in [4.69, 9.17) is 11.6 Å². The zero-order valence-electron chi connectivity index (χ0n) is 14.4. The predicted octanol–water partition coefficient (Wildman–Crippen LogP) is 3.48. The number of rotatable bonds is 7. The molecule has 0 atom stereocenters. The number of sulfonamides is 2. The molecule has 3 aromatic rings. The maximum absolute atomic E-state index is 12.4. The molecule has 0 fully saturated rings. The molecule has 0 radical (unpaired) electrons. The fourth-order valence-corrected chi connectivity index (χ4v) is 4.93. The molecule has 28 heavy (non-hydrogen) atoms. The molecular weight excluding hydrogens is 422 g/mol. The van der Waals surface area contributed by atoms with Crippen molar-refractivity contribution in [3.63, 3.8) is 0 Å². The number of pyridine rings is 1. The Balaban J connectivity index is 1.73. The highest BCUT2D eigenvalue weighted by molar-refractivity contribution is 7.92. The van der Waals surface area contributed by atoms with Gasteiger partial charge in [0.1, 0.15) is 0 Å². The average molecular weight is 438 g/mol. The monoisotopic (exact) mass is 437 g/mol. The Morgan fingerprint density at radius 2 is 1.54 bits per heavy atom. The van der Waals surface area contributed by atoms with Crippen LogP contribution in [0.2, 0.25) is 5.02 Å². The summed E-state index contributed by atoms with van der Waals surface area (Å²) < 4.78 is 54.3. The van der Waals surface area contributed by atoms with Crippen LogP contribution < -0.4 is 9.44 Å². The largest absolute Gasteiger partial charge is 0.283 e. The lowest BCUT2D eigenvalue weighted by Gasteiger charge is -2.11. The fraction of sp³-hybridized carbons (Fsp3) is 0.0556. The molecule has 0 saturated carbocycles. The van der Waals surface area contributed by atoms with Gasteiger partial charge < -0.3 is 0 Å². The third kappa shape index (κ3) is 5.22. The predicted molar refractivity (Wildman–Crippen MR) is 109 cm³/mol. The van der Waals surface area contributed by atoms with Gasteiger partial charge in [-0.15, -0.1) is 0 Å². The maximum Gasteiger partial charge on any atom is 0.261 e. The number of benzene rings is 2. The quantitative estimate of drug-likeness (QED) is 0.588. The zero-order chi connectivity index (χ0) is 20.2. The van der Waals surface area contributed by atoms with Gasteiger partial charge in [0.25, 0.3) is 10.0 Å². The van der Waals surface area contributed by atoms with E-state index in [2.05, 4.69) is 14.4 Å². The van der Waals surface area contributed by atoms with Crippen LogP contribution in [0.3, 0.4) is 0 Å². The van der Waals surface area contributed by atoms with Crippen LogP contribution in [0.25, 0.3) is 0 Å². The van der Waals surface area contributed by atoms with Gasteiger partial charge in [-0.3, -0.25) is 14.4 Å². The lowest BCUT2D eigenvalue weighted by atomic mass is 10.2. The number of nitrogens with one attached hydrogen (secondary N) is 2. The summed E-state index contributed by atoms with van der Waals surface area (Å²) >= 11 is 6.00. The van der Waals surface area contributed by atoms with Crippen molar-refractivity contribution in [2.24, 2.45) is 0 Å². The van der Waals surface area contributed by atoms with Gasteiger partial charge >= 0.3 is 0 Å². The first-order chi connectivity index (χ1) is 13.3. The number of aromatic nitrogens is 1. The summed E-state index contributed by atoms with van der Waals surface area (Å²) in [6.07, 6.45) is 2.91. The summed E-state index contributed by atoms with van der Waals surface area (Å²) in [6, 6.07) is 15.2. The molecule has 0 saturated heterocycles. The van der Waals surface area contributed by atoms with E-state index in [1.54, 1.807) is 36.4 Å². The molecule has 0 aliphatic rings. The highest BCUT2D eigenvalue weighted by Crippen LogP contribution is 2.21. The molecule has 0 spiro atoms. The third-order valence-corrected chi connectivity index (χ3v) is 6.66. The smallest absolute Gasteiger partial charge is 0.261 e. The lowest BCUT2D eigenvalue weighted by molar-refractivity contribution is 0.599. The minimum Gasteiger partial charge on any atom is -0.283 e. The minimum atomic E-state index is -3.81. The Labute approximate surface area is 168 Å². The molecule has 7 nitrogen and oxygen atoms in total. The van der Waals surface area contributed by atoms with Crippen LogP contribution in [0, 0.1) is 0 Å². The Hall–Kier alpha value is -2.62. The van der Waals surface area contributed by atoms with Gasteiger partial charge in [0.15, 0.2) is 0 Å². The van der Waals surface area contributed by atoms with Crippen LogP contribution in [-0.2, 0) is 25.8 Å². The molecule has 1 heterocycles. The molecule has 1 aromatic heterocycles. The van der Waals surface area contributed by atoms with Gasteiger partial charge in [-0.2, -0.15) is 0 Å². The van der Waals surface area contributed by atoms with Crippen molar-refractivity contribution in [1.82, 2.24) is 4.98 Å². The van der Waals surface area contributed by atoms with Crippen molar-refractivity contribution >= 4 is 43.0 Å². The summed E-state index contributed by atoms with van der Waals surface area (Å²) in [4.78, 5) is 3.84. The number of nitrogens with zero attached hydrogens (tertiary/aromatic N) is 1.